The molecule has 2 fully saturated rings. The first-order valence-electron chi connectivity index (χ1n) is 12.4. The summed E-state index contributed by atoms with van der Waals surface area (Å²) in [5.41, 5.74) is 2.32. The lowest BCUT2D eigenvalue weighted by Gasteiger charge is -2.46. The highest BCUT2D eigenvalue weighted by Crippen LogP contribution is 2.53. The Labute approximate surface area is 187 Å². The summed E-state index contributed by atoms with van der Waals surface area (Å²) >= 11 is 0. The first-order valence-corrected chi connectivity index (χ1v) is 12.4. The van der Waals surface area contributed by atoms with Crippen molar-refractivity contribution in [2.24, 2.45) is 11.3 Å². The fraction of sp³-hybridized carbons (Fsp3) is 0.704. The van der Waals surface area contributed by atoms with Gasteiger partial charge in [-0.05, 0) is 55.6 Å². The standard InChI is InChI=1S/C27H40O4/c1-3-16-27(17-9-18-27)26(30)21-11-8-10-20(19-21)22-14-15-24(28)23(22)12-6-4-5-7-13-25(29)31-2/h8,10-11,19,22-23,26,30H,3-7,9,12-18H2,1-2H3/t22-,23-,26?/m1/s1. The van der Waals surface area contributed by atoms with Crippen LogP contribution in [0, 0.1) is 11.3 Å². The van der Waals surface area contributed by atoms with Gasteiger partial charge in [0.2, 0.25) is 0 Å². The lowest BCUT2D eigenvalue weighted by molar-refractivity contribution is -0.140. The second-order valence-electron chi connectivity index (χ2n) is 9.79. The fourth-order valence-corrected chi connectivity index (χ4v) is 5.86. The first-order chi connectivity index (χ1) is 15.0. The second kappa shape index (κ2) is 11.3. The molecule has 2 aliphatic carbocycles. The normalized spacial score (nSPS) is 23.4. The van der Waals surface area contributed by atoms with Crippen molar-refractivity contribution < 1.29 is 19.4 Å². The predicted molar refractivity (Wildman–Crippen MR) is 123 cm³/mol. The van der Waals surface area contributed by atoms with Gasteiger partial charge in [0.15, 0.2) is 0 Å². The smallest absolute Gasteiger partial charge is 0.305 e. The maximum Gasteiger partial charge on any atom is 0.305 e. The number of ether oxygens (including phenoxy) is 1. The molecule has 0 aliphatic heterocycles. The Morgan fingerprint density at radius 1 is 1.23 bits per heavy atom. The van der Waals surface area contributed by atoms with Crippen LogP contribution in [-0.4, -0.2) is 24.0 Å². The van der Waals surface area contributed by atoms with Crippen molar-refractivity contribution in [2.75, 3.05) is 7.11 Å². The molecule has 2 saturated carbocycles. The SMILES string of the molecule is CCCC1(C(O)c2cccc([C@H]3CCC(=O)[C@@H]3CCCCCCC(=O)OC)c2)CCC1. The van der Waals surface area contributed by atoms with Gasteiger partial charge < -0.3 is 9.84 Å². The molecule has 2 aliphatic rings. The van der Waals surface area contributed by atoms with Crippen LogP contribution < -0.4 is 0 Å². The molecule has 3 atom stereocenters. The number of rotatable bonds is 12. The van der Waals surface area contributed by atoms with Crippen LogP contribution in [0.5, 0.6) is 0 Å². The van der Waals surface area contributed by atoms with E-state index in [1.54, 1.807) is 0 Å². The van der Waals surface area contributed by atoms with Crippen LogP contribution in [0.4, 0.5) is 0 Å². The number of hydrogen-bond donors (Lipinski definition) is 1. The zero-order chi connectivity index (χ0) is 22.3. The minimum atomic E-state index is -0.397. The third-order valence-corrected chi connectivity index (χ3v) is 7.81. The van der Waals surface area contributed by atoms with Crippen LogP contribution in [0.15, 0.2) is 24.3 Å². The molecule has 0 saturated heterocycles. The van der Waals surface area contributed by atoms with Gasteiger partial charge in [-0.25, -0.2) is 0 Å². The Hall–Kier alpha value is -1.68. The molecule has 3 rings (SSSR count). The van der Waals surface area contributed by atoms with Gasteiger partial charge in [0.1, 0.15) is 5.78 Å². The Bertz CT molecular complexity index is 737. The van der Waals surface area contributed by atoms with Crippen LogP contribution in [0.25, 0.3) is 0 Å². The molecule has 1 aromatic carbocycles. The fourth-order valence-electron chi connectivity index (χ4n) is 5.86. The Morgan fingerprint density at radius 2 is 2.00 bits per heavy atom. The zero-order valence-electron chi connectivity index (χ0n) is 19.4. The maximum absolute atomic E-state index is 12.6. The molecule has 31 heavy (non-hydrogen) atoms. The molecular formula is C27H40O4. The second-order valence-corrected chi connectivity index (χ2v) is 9.79. The van der Waals surface area contributed by atoms with Crippen LogP contribution in [0.2, 0.25) is 0 Å². The van der Waals surface area contributed by atoms with Crippen molar-refractivity contribution in [1.82, 2.24) is 0 Å². The average molecular weight is 429 g/mol. The highest BCUT2D eigenvalue weighted by Gasteiger charge is 2.43. The van der Waals surface area contributed by atoms with Gasteiger partial charge in [-0.15, -0.1) is 0 Å². The molecule has 0 amide bonds. The molecule has 4 nitrogen and oxygen atoms in total. The first kappa shape index (κ1) is 24.0. The molecule has 172 valence electrons. The van der Waals surface area contributed by atoms with Gasteiger partial charge in [-0.2, -0.15) is 0 Å². The lowest BCUT2D eigenvalue weighted by Crippen LogP contribution is -2.36. The van der Waals surface area contributed by atoms with Crippen molar-refractivity contribution >= 4 is 11.8 Å². The summed E-state index contributed by atoms with van der Waals surface area (Å²) in [4.78, 5) is 23.8. The van der Waals surface area contributed by atoms with E-state index < -0.39 is 6.10 Å². The molecule has 1 aromatic rings. The zero-order valence-corrected chi connectivity index (χ0v) is 19.4. The number of unbranched alkanes of at least 4 members (excludes halogenated alkanes) is 3. The topological polar surface area (TPSA) is 63.6 Å². The van der Waals surface area contributed by atoms with Crippen molar-refractivity contribution in [3.8, 4) is 0 Å². The summed E-state index contributed by atoms with van der Waals surface area (Å²) in [6, 6.07) is 8.47. The van der Waals surface area contributed by atoms with Gasteiger partial charge >= 0.3 is 5.97 Å². The van der Waals surface area contributed by atoms with Gasteiger partial charge in [-0.1, -0.05) is 63.3 Å². The minimum absolute atomic E-state index is 0.0580. The van der Waals surface area contributed by atoms with Gasteiger partial charge in [-0.3, -0.25) is 9.59 Å². The van der Waals surface area contributed by atoms with Gasteiger partial charge in [0, 0.05) is 24.2 Å². The van der Waals surface area contributed by atoms with E-state index in [0.717, 1.165) is 69.8 Å². The van der Waals surface area contributed by atoms with E-state index in [0.29, 0.717) is 18.6 Å². The summed E-state index contributed by atoms with van der Waals surface area (Å²) in [7, 11) is 1.43. The molecule has 4 heteroatoms. The van der Waals surface area contributed by atoms with Crippen molar-refractivity contribution in [2.45, 2.75) is 102 Å². The summed E-state index contributed by atoms with van der Waals surface area (Å²) in [5, 5.41) is 11.2. The Balaban J connectivity index is 1.59. The van der Waals surface area contributed by atoms with E-state index in [9.17, 15) is 14.7 Å². The molecule has 0 bridgehead atoms. The van der Waals surface area contributed by atoms with Crippen LogP contribution >= 0.6 is 0 Å². The van der Waals surface area contributed by atoms with E-state index in [4.69, 9.17) is 0 Å². The maximum atomic E-state index is 12.6. The quantitative estimate of drug-likeness (QED) is 0.315. The largest absolute Gasteiger partial charge is 0.469 e. The highest BCUT2D eigenvalue weighted by atomic mass is 16.5. The van der Waals surface area contributed by atoms with Crippen LogP contribution in [0.1, 0.15) is 114 Å². The van der Waals surface area contributed by atoms with Crippen LogP contribution in [-0.2, 0) is 14.3 Å². The summed E-state index contributed by atoms with van der Waals surface area (Å²) in [6.45, 7) is 2.20. The Morgan fingerprint density at radius 3 is 2.68 bits per heavy atom. The van der Waals surface area contributed by atoms with Crippen molar-refractivity contribution in [1.29, 1.82) is 0 Å². The molecule has 0 spiro atoms. The molecule has 0 radical (unpaired) electrons. The number of esters is 1. The van der Waals surface area contributed by atoms with Gasteiger partial charge in [0.05, 0.1) is 13.2 Å². The molecule has 1 N–H and O–H groups in total. The average Bonchev–Trinajstić information content (AvgIpc) is 3.13. The predicted octanol–water partition coefficient (Wildman–Crippen LogP) is 6.27. The monoisotopic (exact) mass is 428 g/mol. The van der Waals surface area contributed by atoms with E-state index in [1.165, 1.54) is 19.1 Å². The van der Waals surface area contributed by atoms with E-state index in [-0.39, 0.29) is 23.2 Å². The number of aliphatic hydroxyl groups is 1. The highest BCUT2D eigenvalue weighted by molar-refractivity contribution is 5.84. The number of Topliss-reactive ketones (excluding diaryl/α,β-unsaturated/α-hetero) is 1. The molecule has 1 unspecified atom stereocenters. The van der Waals surface area contributed by atoms with E-state index in [2.05, 4.69) is 35.9 Å². The summed E-state index contributed by atoms with van der Waals surface area (Å²) in [5.74, 6) is 0.627. The molecule has 0 aromatic heterocycles. The third kappa shape index (κ3) is 5.77. The molecular weight excluding hydrogens is 388 g/mol. The number of benzene rings is 1. The molecule has 0 heterocycles. The van der Waals surface area contributed by atoms with Crippen molar-refractivity contribution in [3.05, 3.63) is 35.4 Å². The summed E-state index contributed by atoms with van der Waals surface area (Å²) < 4.78 is 4.69. The number of carbonyl (C=O) groups is 2. The lowest BCUT2D eigenvalue weighted by atomic mass is 9.61. The van der Waals surface area contributed by atoms with E-state index >= 15 is 0 Å². The van der Waals surface area contributed by atoms with Gasteiger partial charge in [0.25, 0.3) is 0 Å². The van der Waals surface area contributed by atoms with E-state index in [1.807, 2.05) is 0 Å². The number of hydrogen-bond acceptors (Lipinski definition) is 4. The number of ketones is 1. The Kier molecular flexibility index (Phi) is 8.71. The van der Waals surface area contributed by atoms with Crippen LogP contribution in [0.3, 0.4) is 0 Å². The summed E-state index contributed by atoms with van der Waals surface area (Å²) in [6.07, 6.45) is 12.2. The third-order valence-electron chi connectivity index (χ3n) is 7.81. The van der Waals surface area contributed by atoms with Crippen molar-refractivity contribution in [3.63, 3.8) is 0 Å². The number of carbonyl (C=O) groups excluding carboxylic acids is 2. The minimum Gasteiger partial charge on any atom is -0.469 e. The number of methoxy groups -OCH3 is 1. The number of aliphatic hydroxyl groups excluding tert-OH is 1.